The van der Waals surface area contributed by atoms with Gasteiger partial charge in [-0.1, -0.05) is 19.9 Å². The second kappa shape index (κ2) is 5.58. The van der Waals surface area contributed by atoms with Crippen molar-refractivity contribution in [2.45, 2.75) is 33.2 Å². The first-order chi connectivity index (χ1) is 8.65. The molecule has 0 spiro atoms. The molecule has 4 nitrogen and oxygen atoms in total. The number of aryl methyl sites for hydroxylation is 1. The van der Waals surface area contributed by atoms with E-state index >= 15 is 0 Å². The normalized spacial score (nSPS) is 10.7. The van der Waals surface area contributed by atoms with E-state index in [9.17, 15) is 0 Å². The predicted octanol–water partition coefficient (Wildman–Crippen LogP) is 2.92. The fraction of sp³-hybridized carbons (Fsp3) is 0.357. The largest absolute Gasteiger partial charge is 0.366 e. The van der Waals surface area contributed by atoms with Crippen molar-refractivity contribution in [3.8, 4) is 0 Å². The maximum absolute atomic E-state index is 4.26. The van der Waals surface area contributed by atoms with Crippen molar-refractivity contribution in [3.63, 3.8) is 0 Å². The third kappa shape index (κ3) is 3.26. The summed E-state index contributed by atoms with van der Waals surface area (Å²) >= 11 is 0. The van der Waals surface area contributed by atoms with Crippen molar-refractivity contribution >= 4 is 5.82 Å². The Labute approximate surface area is 108 Å². The number of hydrogen-bond donors (Lipinski definition) is 1. The Bertz CT molecular complexity index is 505. The minimum Gasteiger partial charge on any atom is -0.366 e. The minimum absolute atomic E-state index is 0.412. The molecule has 0 radical (unpaired) electrons. The van der Waals surface area contributed by atoms with Crippen LogP contribution >= 0.6 is 0 Å². The van der Waals surface area contributed by atoms with Gasteiger partial charge in [0, 0.05) is 30.2 Å². The number of nitrogens with one attached hydrogen (secondary N) is 1. The second-order valence-electron chi connectivity index (χ2n) is 4.64. The smallest absolute Gasteiger partial charge is 0.129 e. The van der Waals surface area contributed by atoms with Gasteiger partial charge in [-0.25, -0.2) is 9.97 Å². The molecule has 0 aliphatic rings. The summed E-state index contributed by atoms with van der Waals surface area (Å²) in [7, 11) is 0. The van der Waals surface area contributed by atoms with E-state index < -0.39 is 0 Å². The van der Waals surface area contributed by atoms with Crippen molar-refractivity contribution in [1.29, 1.82) is 0 Å². The molecule has 18 heavy (non-hydrogen) atoms. The minimum atomic E-state index is 0.412. The van der Waals surface area contributed by atoms with E-state index in [1.54, 1.807) is 6.33 Å². The summed E-state index contributed by atoms with van der Waals surface area (Å²) in [4.78, 5) is 12.7. The van der Waals surface area contributed by atoms with Crippen molar-refractivity contribution in [2.24, 2.45) is 0 Å². The summed E-state index contributed by atoms with van der Waals surface area (Å²) in [5.41, 5.74) is 3.22. The first kappa shape index (κ1) is 12.5. The highest BCUT2D eigenvalue weighted by molar-refractivity contribution is 5.36. The summed E-state index contributed by atoms with van der Waals surface area (Å²) in [5.74, 6) is 1.27. The van der Waals surface area contributed by atoms with E-state index in [2.05, 4.69) is 40.2 Å². The van der Waals surface area contributed by atoms with Crippen LogP contribution in [0.3, 0.4) is 0 Å². The molecule has 0 fully saturated rings. The molecule has 0 aliphatic carbocycles. The first-order valence-electron chi connectivity index (χ1n) is 6.12. The summed E-state index contributed by atoms with van der Waals surface area (Å²) in [5, 5.41) is 3.28. The highest BCUT2D eigenvalue weighted by Crippen LogP contribution is 2.14. The van der Waals surface area contributed by atoms with Crippen LogP contribution in [0.2, 0.25) is 0 Å². The Morgan fingerprint density at radius 1 is 1.17 bits per heavy atom. The highest BCUT2D eigenvalue weighted by atomic mass is 15.0. The Hall–Kier alpha value is -1.97. The number of aromatic nitrogens is 3. The van der Waals surface area contributed by atoms with Crippen LogP contribution in [0.4, 0.5) is 5.82 Å². The van der Waals surface area contributed by atoms with Crippen LogP contribution in [0.15, 0.2) is 30.7 Å². The van der Waals surface area contributed by atoms with Gasteiger partial charge in [0.25, 0.3) is 0 Å². The number of hydrogen-bond acceptors (Lipinski definition) is 4. The molecule has 0 aliphatic heterocycles. The monoisotopic (exact) mass is 242 g/mol. The van der Waals surface area contributed by atoms with Crippen molar-refractivity contribution in [1.82, 2.24) is 15.0 Å². The maximum Gasteiger partial charge on any atom is 0.129 e. The summed E-state index contributed by atoms with van der Waals surface area (Å²) < 4.78 is 0. The predicted molar refractivity (Wildman–Crippen MR) is 72.4 cm³/mol. The molecule has 2 aromatic heterocycles. The number of anilines is 1. The standard InChI is InChI=1S/C14H18N4/c1-10(2)13-6-14(18-9-17-13)16-8-12-5-4-11(3)15-7-12/h4-7,9-10H,8H2,1-3H3,(H,16,17,18). The van der Waals surface area contributed by atoms with Gasteiger partial charge in [-0.3, -0.25) is 4.98 Å². The van der Waals surface area contributed by atoms with Crippen molar-refractivity contribution in [2.75, 3.05) is 5.32 Å². The summed E-state index contributed by atoms with van der Waals surface area (Å²) in [6.45, 7) is 6.95. The Kier molecular flexibility index (Phi) is 3.87. The average molecular weight is 242 g/mol. The van der Waals surface area contributed by atoms with Gasteiger partial charge in [-0.2, -0.15) is 0 Å². The third-order valence-corrected chi connectivity index (χ3v) is 2.73. The van der Waals surface area contributed by atoms with Crippen LogP contribution in [0.25, 0.3) is 0 Å². The van der Waals surface area contributed by atoms with Gasteiger partial charge in [0.05, 0.1) is 0 Å². The van der Waals surface area contributed by atoms with E-state index in [0.29, 0.717) is 5.92 Å². The molecule has 0 saturated heterocycles. The zero-order valence-electron chi connectivity index (χ0n) is 11.0. The molecule has 2 rings (SSSR count). The third-order valence-electron chi connectivity index (χ3n) is 2.73. The van der Waals surface area contributed by atoms with Gasteiger partial charge in [0.1, 0.15) is 12.1 Å². The van der Waals surface area contributed by atoms with E-state index in [-0.39, 0.29) is 0 Å². The highest BCUT2D eigenvalue weighted by Gasteiger charge is 2.02. The molecule has 0 amide bonds. The molecule has 94 valence electrons. The van der Waals surface area contributed by atoms with Gasteiger partial charge in [0.2, 0.25) is 0 Å². The van der Waals surface area contributed by atoms with Crippen LogP contribution in [0.1, 0.15) is 36.7 Å². The second-order valence-corrected chi connectivity index (χ2v) is 4.64. The van der Waals surface area contributed by atoms with Crippen LogP contribution in [0, 0.1) is 6.92 Å². The maximum atomic E-state index is 4.26. The fourth-order valence-electron chi connectivity index (χ4n) is 1.58. The van der Waals surface area contributed by atoms with Crippen LogP contribution in [0.5, 0.6) is 0 Å². The summed E-state index contributed by atoms with van der Waals surface area (Å²) in [6.07, 6.45) is 3.48. The Morgan fingerprint density at radius 2 is 2.00 bits per heavy atom. The molecule has 0 atom stereocenters. The molecule has 2 heterocycles. The Morgan fingerprint density at radius 3 is 2.67 bits per heavy atom. The van der Waals surface area contributed by atoms with Crippen LogP contribution in [-0.4, -0.2) is 15.0 Å². The van der Waals surface area contributed by atoms with Gasteiger partial charge >= 0.3 is 0 Å². The van der Waals surface area contributed by atoms with Crippen LogP contribution < -0.4 is 5.32 Å². The average Bonchev–Trinajstić information content (AvgIpc) is 2.38. The number of rotatable bonds is 4. The van der Waals surface area contributed by atoms with Gasteiger partial charge < -0.3 is 5.32 Å². The van der Waals surface area contributed by atoms with E-state index in [1.807, 2.05) is 25.3 Å². The molecule has 0 bridgehead atoms. The van der Waals surface area contributed by atoms with E-state index in [4.69, 9.17) is 0 Å². The lowest BCUT2D eigenvalue weighted by Gasteiger charge is -2.08. The molecule has 1 N–H and O–H groups in total. The lowest BCUT2D eigenvalue weighted by Crippen LogP contribution is -2.04. The van der Waals surface area contributed by atoms with Crippen molar-refractivity contribution in [3.05, 3.63) is 47.7 Å². The van der Waals surface area contributed by atoms with Gasteiger partial charge in [-0.15, -0.1) is 0 Å². The summed E-state index contributed by atoms with van der Waals surface area (Å²) in [6, 6.07) is 6.07. The molecule has 4 heteroatoms. The number of nitrogens with zero attached hydrogens (tertiary/aromatic N) is 3. The molecular weight excluding hydrogens is 224 g/mol. The van der Waals surface area contributed by atoms with E-state index in [0.717, 1.165) is 29.3 Å². The van der Waals surface area contributed by atoms with Gasteiger partial charge in [0.15, 0.2) is 0 Å². The molecule has 0 saturated carbocycles. The lowest BCUT2D eigenvalue weighted by molar-refractivity contribution is 0.813. The van der Waals surface area contributed by atoms with Gasteiger partial charge in [-0.05, 0) is 24.5 Å². The first-order valence-corrected chi connectivity index (χ1v) is 6.12. The van der Waals surface area contributed by atoms with Crippen molar-refractivity contribution < 1.29 is 0 Å². The zero-order chi connectivity index (χ0) is 13.0. The molecule has 2 aromatic rings. The van der Waals surface area contributed by atoms with E-state index in [1.165, 1.54) is 0 Å². The SMILES string of the molecule is Cc1ccc(CNc2cc(C(C)C)ncn2)cn1. The molecular formula is C14H18N4. The molecule has 0 unspecified atom stereocenters. The quantitative estimate of drug-likeness (QED) is 0.895. The van der Waals surface area contributed by atoms with Crippen LogP contribution in [-0.2, 0) is 6.54 Å². The fourth-order valence-corrected chi connectivity index (χ4v) is 1.58. The Balaban J connectivity index is 2.01. The number of pyridine rings is 1. The lowest BCUT2D eigenvalue weighted by atomic mass is 10.1. The zero-order valence-corrected chi connectivity index (χ0v) is 11.0. The molecule has 0 aromatic carbocycles. The topological polar surface area (TPSA) is 50.7 Å².